The van der Waals surface area contributed by atoms with Crippen LogP contribution in [0, 0.1) is 28.4 Å². The van der Waals surface area contributed by atoms with Gasteiger partial charge in [-0.2, -0.15) is 5.26 Å². The summed E-state index contributed by atoms with van der Waals surface area (Å²) >= 11 is 5.93. The molecule has 0 aliphatic rings. The molecule has 9 heteroatoms. The van der Waals surface area contributed by atoms with Gasteiger partial charge in [-0.15, -0.1) is 0 Å². The van der Waals surface area contributed by atoms with E-state index in [4.69, 9.17) is 21.1 Å². The van der Waals surface area contributed by atoms with Crippen LogP contribution in [-0.2, 0) is 4.79 Å². The molecule has 0 aliphatic heterocycles. The number of nitro benzene ring substituents is 1. The highest BCUT2D eigenvalue weighted by atomic mass is 35.5. The normalized spacial score (nSPS) is 10.8. The van der Waals surface area contributed by atoms with Crippen molar-refractivity contribution in [2.75, 3.05) is 19.5 Å². The van der Waals surface area contributed by atoms with Crippen LogP contribution in [0.2, 0.25) is 5.02 Å². The molecule has 0 heterocycles. The number of methoxy groups -OCH3 is 2. The minimum Gasteiger partial charge on any atom is -0.493 e. The Hall–Kier alpha value is -3.57. The number of benzene rings is 2. The quantitative estimate of drug-likeness (QED) is 0.337. The zero-order chi connectivity index (χ0) is 20.8. The van der Waals surface area contributed by atoms with Crippen molar-refractivity contribution in [2.24, 2.45) is 0 Å². The lowest BCUT2D eigenvalue weighted by molar-refractivity contribution is -0.385. The van der Waals surface area contributed by atoms with Crippen LogP contribution in [0.15, 0.2) is 35.9 Å². The number of nitriles is 1. The number of rotatable bonds is 6. The summed E-state index contributed by atoms with van der Waals surface area (Å²) < 4.78 is 10.2. The number of carbonyl (C=O) groups excluding carboxylic acids is 1. The average Bonchev–Trinajstić information content (AvgIpc) is 2.67. The number of hydrogen-bond acceptors (Lipinski definition) is 6. The summed E-state index contributed by atoms with van der Waals surface area (Å²) in [4.78, 5) is 23.2. The maximum Gasteiger partial charge on any atom is 0.280 e. The van der Waals surface area contributed by atoms with Gasteiger partial charge in [-0.05, 0) is 36.8 Å². The van der Waals surface area contributed by atoms with E-state index in [0.717, 1.165) is 11.6 Å². The Morgan fingerprint density at radius 3 is 2.46 bits per heavy atom. The van der Waals surface area contributed by atoms with Gasteiger partial charge in [-0.3, -0.25) is 14.9 Å². The predicted octanol–water partition coefficient (Wildman–Crippen LogP) is 4.12. The first kappa shape index (κ1) is 20.7. The van der Waals surface area contributed by atoms with Crippen molar-refractivity contribution in [2.45, 2.75) is 6.92 Å². The van der Waals surface area contributed by atoms with E-state index in [2.05, 4.69) is 5.32 Å². The van der Waals surface area contributed by atoms with Crippen molar-refractivity contribution < 1.29 is 19.2 Å². The smallest absolute Gasteiger partial charge is 0.280 e. The molecule has 0 bridgehead atoms. The molecule has 1 amide bonds. The molecule has 0 unspecified atom stereocenters. The van der Waals surface area contributed by atoms with Crippen molar-refractivity contribution in [1.82, 2.24) is 0 Å². The number of carbonyl (C=O) groups is 1. The van der Waals surface area contributed by atoms with E-state index in [1.54, 1.807) is 31.2 Å². The molecule has 1 N–H and O–H groups in total. The molecule has 8 nitrogen and oxygen atoms in total. The van der Waals surface area contributed by atoms with E-state index < -0.39 is 10.8 Å². The van der Waals surface area contributed by atoms with Gasteiger partial charge in [0.25, 0.3) is 11.6 Å². The Morgan fingerprint density at radius 1 is 1.25 bits per heavy atom. The van der Waals surface area contributed by atoms with Crippen LogP contribution >= 0.6 is 11.6 Å². The molecular formula is C19H16ClN3O5. The molecule has 0 radical (unpaired) electrons. The first-order valence-electron chi connectivity index (χ1n) is 7.90. The fraction of sp³-hybridized carbons (Fsp3) is 0.158. The van der Waals surface area contributed by atoms with Gasteiger partial charge >= 0.3 is 0 Å². The third kappa shape index (κ3) is 4.58. The number of nitro groups is 1. The van der Waals surface area contributed by atoms with Crippen LogP contribution < -0.4 is 14.8 Å². The largest absolute Gasteiger partial charge is 0.493 e. The summed E-state index contributed by atoms with van der Waals surface area (Å²) in [7, 11) is 2.72. The van der Waals surface area contributed by atoms with Gasteiger partial charge in [0, 0.05) is 10.7 Å². The van der Waals surface area contributed by atoms with E-state index in [0.29, 0.717) is 10.7 Å². The lowest BCUT2D eigenvalue weighted by Gasteiger charge is -2.10. The van der Waals surface area contributed by atoms with Crippen LogP contribution in [-0.4, -0.2) is 25.1 Å². The van der Waals surface area contributed by atoms with E-state index in [9.17, 15) is 20.2 Å². The first-order valence-corrected chi connectivity index (χ1v) is 8.28. The molecule has 2 aromatic rings. The van der Waals surface area contributed by atoms with Crippen molar-refractivity contribution in [3.63, 3.8) is 0 Å². The molecule has 2 aromatic carbocycles. The number of hydrogen-bond donors (Lipinski definition) is 1. The highest BCUT2D eigenvalue weighted by molar-refractivity contribution is 6.31. The molecule has 144 valence electrons. The highest BCUT2D eigenvalue weighted by Crippen LogP contribution is 2.35. The lowest BCUT2D eigenvalue weighted by Crippen LogP contribution is -2.14. The topological polar surface area (TPSA) is 114 Å². The molecule has 2 rings (SSSR count). The van der Waals surface area contributed by atoms with Crippen LogP contribution in [0.1, 0.15) is 11.1 Å². The molecule has 0 saturated carbocycles. The maximum absolute atomic E-state index is 12.5. The summed E-state index contributed by atoms with van der Waals surface area (Å²) in [6.45, 7) is 1.76. The Morgan fingerprint density at radius 2 is 1.89 bits per heavy atom. The van der Waals surface area contributed by atoms with Gasteiger partial charge in [-0.25, -0.2) is 0 Å². The minimum atomic E-state index is -0.725. The van der Waals surface area contributed by atoms with Crippen LogP contribution in [0.25, 0.3) is 6.08 Å². The summed E-state index contributed by atoms with van der Waals surface area (Å²) in [6.07, 6.45) is 1.12. The van der Waals surface area contributed by atoms with Crippen molar-refractivity contribution in [1.29, 1.82) is 5.26 Å². The standard InChI is InChI=1S/C19H16ClN3O5/c1-11-4-5-14(20)8-15(11)22-19(24)13(10-21)6-12-7-17(27-2)18(28-3)9-16(12)23(25)26/h4-9H,1-3H3,(H,22,24)/b13-6+. The molecular weight excluding hydrogens is 386 g/mol. The molecule has 0 saturated heterocycles. The number of amides is 1. The molecule has 0 aliphatic carbocycles. The number of nitrogens with zero attached hydrogens (tertiary/aromatic N) is 2. The number of halogens is 1. The van der Waals surface area contributed by atoms with Crippen molar-refractivity contribution in [3.05, 3.63) is 62.2 Å². The van der Waals surface area contributed by atoms with Crippen LogP contribution in [0.4, 0.5) is 11.4 Å². The lowest BCUT2D eigenvalue weighted by atomic mass is 10.1. The molecule has 28 heavy (non-hydrogen) atoms. The van der Waals surface area contributed by atoms with E-state index >= 15 is 0 Å². The summed E-state index contributed by atoms with van der Waals surface area (Å²) in [5.74, 6) is -0.344. The second-order valence-electron chi connectivity index (χ2n) is 5.61. The van der Waals surface area contributed by atoms with Gasteiger partial charge in [-0.1, -0.05) is 17.7 Å². The molecule has 0 spiro atoms. The van der Waals surface area contributed by atoms with Gasteiger partial charge in [0.15, 0.2) is 11.5 Å². The fourth-order valence-corrected chi connectivity index (χ4v) is 2.55. The van der Waals surface area contributed by atoms with E-state index in [1.807, 2.05) is 0 Å². The molecule has 0 fully saturated rings. The number of anilines is 1. The Labute approximate surface area is 166 Å². The van der Waals surface area contributed by atoms with Crippen LogP contribution in [0.3, 0.4) is 0 Å². The number of nitrogens with one attached hydrogen (secondary N) is 1. The summed E-state index contributed by atoms with van der Waals surface area (Å²) in [5, 5.41) is 23.8. The second kappa shape index (κ2) is 8.88. The maximum atomic E-state index is 12.5. The third-order valence-electron chi connectivity index (χ3n) is 3.84. The predicted molar refractivity (Wildman–Crippen MR) is 105 cm³/mol. The van der Waals surface area contributed by atoms with E-state index in [-0.39, 0.29) is 28.3 Å². The van der Waals surface area contributed by atoms with Gasteiger partial charge in [0.1, 0.15) is 11.6 Å². The zero-order valence-electron chi connectivity index (χ0n) is 15.3. The monoisotopic (exact) mass is 401 g/mol. The van der Waals surface area contributed by atoms with Crippen molar-refractivity contribution >= 4 is 35.0 Å². The first-order chi connectivity index (χ1) is 13.3. The Bertz CT molecular complexity index is 1010. The average molecular weight is 402 g/mol. The van der Waals surface area contributed by atoms with Gasteiger partial charge in [0.2, 0.25) is 0 Å². The van der Waals surface area contributed by atoms with E-state index in [1.165, 1.54) is 26.4 Å². The summed E-state index contributed by atoms with van der Waals surface area (Å²) in [5.41, 5.74) is 0.539. The fourth-order valence-electron chi connectivity index (χ4n) is 2.38. The van der Waals surface area contributed by atoms with Gasteiger partial charge in [0.05, 0.1) is 30.8 Å². The summed E-state index contributed by atoms with van der Waals surface area (Å²) in [6, 6.07) is 9.18. The minimum absolute atomic E-state index is 0.0252. The zero-order valence-corrected chi connectivity index (χ0v) is 16.0. The van der Waals surface area contributed by atoms with Gasteiger partial charge < -0.3 is 14.8 Å². The highest BCUT2D eigenvalue weighted by Gasteiger charge is 2.20. The van der Waals surface area contributed by atoms with Crippen molar-refractivity contribution in [3.8, 4) is 17.6 Å². The molecule has 0 atom stereocenters. The molecule has 0 aromatic heterocycles. The SMILES string of the molecule is COc1cc(/C=C(\C#N)C(=O)Nc2cc(Cl)ccc2C)c([N+](=O)[O-])cc1OC. The van der Waals surface area contributed by atoms with Crippen LogP contribution in [0.5, 0.6) is 11.5 Å². The third-order valence-corrected chi connectivity index (χ3v) is 4.08. The number of ether oxygens (including phenoxy) is 2. The second-order valence-corrected chi connectivity index (χ2v) is 6.04. The number of aryl methyl sites for hydroxylation is 1. The Balaban J connectivity index is 2.48. The Kier molecular flexibility index (Phi) is 6.58.